The zero-order valence-electron chi connectivity index (χ0n) is 11.2. The molecule has 2 N–H and O–H groups in total. The Morgan fingerprint density at radius 1 is 1.62 bits per heavy atom. The van der Waals surface area contributed by atoms with Crippen LogP contribution in [0.15, 0.2) is 24.9 Å². The van der Waals surface area contributed by atoms with E-state index in [9.17, 15) is 9.59 Å². The van der Waals surface area contributed by atoms with E-state index in [4.69, 9.17) is 10.6 Å². The fraction of sp³-hybridized carbons (Fsp3) is 0.333. The second kappa shape index (κ2) is 5.02. The largest absolute Gasteiger partial charge is 0.364 e. The van der Waals surface area contributed by atoms with Crippen molar-refractivity contribution in [2.24, 2.45) is 5.73 Å². The van der Waals surface area contributed by atoms with Gasteiger partial charge in [0.05, 0.1) is 31.1 Å². The lowest BCUT2D eigenvalue weighted by Crippen LogP contribution is -2.33. The van der Waals surface area contributed by atoms with Crippen LogP contribution >= 0.6 is 0 Å². The Balaban J connectivity index is 1.84. The van der Waals surface area contributed by atoms with Gasteiger partial charge in [0.1, 0.15) is 0 Å². The van der Waals surface area contributed by atoms with Gasteiger partial charge in [0, 0.05) is 6.54 Å². The minimum Gasteiger partial charge on any atom is -0.364 e. The van der Waals surface area contributed by atoms with Gasteiger partial charge in [0.25, 0.3) is 5.91 Å². The summed E-state index contributed by atoms with van der Waals surface area (Å²) in [6.07, 6.45) is 4.88. The van der Waals surface area contributed by atoms with Gasteiger partial charge in [0.2, 0.25) is 0 Å². The Morgan fingerprint density at radius 2 is 2.43 bits per heavy atom. The van der Waals surface area contributed by atoms with E-state index in [1.165, 1.54) is 15.9 Å². The Kier molecular flexibility index (Phi) is 3.18. The average Bonchev–Trinajstić information content (AvgIpc) is 3.03. The first kappa shape index (κ1) is 13.3. The first-order valence-electron chi connectivity index (χ1n) is 6.35. The fourth-order valence-electron chi connectivity index (χ4n) is 2.33. The van der Waals surface area contributed by atoms with Gasteiger partial charge in [0.15, 0.2) is 5.69 Å². The molecule has 0 saturated carbocycles. The first-order chi connectivity index (χ1) is 10.1. The van der Waals surface area contributed by atoms with E-state index < -0.39 is 5.91 Å². The number of nitrogens with two attached hydrogens (primary N) is 1. The average molecular weight is 290 g/mol. The molecule has 1 aromatic heterocycles. The molecule has 1 atom stereocenters. The van der Waals surface area contributed by atoms with Gasteiger partial charge in [-0.3, -0.25) is 9.63 Å². The summed E-state index contributed by atoms with van der Waals surface area (Å²) in [5.41, 5.74) is 5.96. The van der Waals surface area contributed by atoms with Crippen molar-refractivity contribution in [3.63, 3.8) is 0 Å². The summed E-state index contributed by atoms with van der Waals surface area (Å²) in [5, 5.41) is 8.86. The van der Waals surface area contributed by atoms with Crippen LogP contribution in [0.1, 0.15) is 10.5 Å². The summed E-state index contributed by atoms with van der Waals surface area (Å²) in [5.74, 6) is -0.645. The number of amides is 3. The predicted octanol–water partition coefficient (Wildman–Crippen LogP) is -0.545. The van der Waals surface area contributed by atoms with E-state index in [1.54, 1.807) is 11.0 Å². The molecule has 9 heteroatoms. The molecular weight excluding hydrogens is 276 g/mol. The first-order valence-corrected chi connectivity index (χ1v) is 6.35. The minimum absolute atomic E-state index is 0.0786. The lowest BCUT2D eigenvalue weighted by atomic mass is 10.2. The number of fused-ring (bicyclic) bond motifs is 2. The van der Waals surface area contributed by atoms with Crippen LogP contribution in [-0.2, 0) is 4.84 Å². The van der Waals surface area contributed by atoms with Crippen LogP contribution in [0.4, 0.5) is 4.79 Å². The molecule has 1 fully saturated rings. The Bertz CT molecular complexity index is 637. The maximum absolute atomic E-state index is 12.1. The number of hydroxylamine groups is 2. The number of nitrogens with zero attached hydrogens (tertiary/aromatic N) is 5. The van der Waals surface area contributed by atoms with Crippen molar-refractivity contribution in [1.82, 2.24) is 25.0 Å². The van der Waals surface area contributed by atoms with Crippen molar-refractivity contribution in [1.29, 1.82) is 0 Å². The van der Waals surface area contributed by atoms with Crippen LogP contribution < -0.4 is 5.73 Å². The smallest absolute Gasteiger partial charge is 0.345 e. The summed E-state index contributed by atoms with van der Waals surface area (Å²) in [6, 6.07) is -0.411. The van der Waals surface area contributed by atoms with Gasteiger partial charge in [-0.15, -0.1) is 11.7 Å². The minimum atomic E-state index is -0.645. The van der Waals surface area contributed by atoms with E-state index in [0.29, 0.717) is 13.1 Å². The molecule has 0 radical (unpaired) electrons. The van der Waals surface area contributed by atoms with Crippen molar-refractivity contribution < 1.29 is 14.4 Å². The topological polar surface area (TPSA) is 107 Å². The number of rotatable bonds is 5. The fourth-order valence-corrected chi connectivity index (χ4v) is 2.33. The Labute approximate surface area is 120 Å². The molecule has 21 heavy (non-hydrogen) atoms. The molecule has 2 bridgehead atoms. The lowest BCUT2D eigenvalue weighted by molar-refractivity contribution is -0.107. The van der Waals surface area contributed by atoms with Crippen molar-refractivity contribution in [3.05, 3.63) is 30.6 Å². The van der Waals surface area contributed by atoms with Crippen LogP contribution in [0.3, 0.4) is 0 Å². The molecule has 1 unspecified atom stereocenters. The normalized spacial score (nSPS) is 20.7. The predicted molar refractivity (Wildman–Crippen MR) is 71.6 cm³/mol. The summed E-state index contributed by atoms with van der Waals surface area (Å²) in [7, 11) is 0. The standard InChI is InChI=1S/C12H14N6O3/c1-2-3-21-18-9-4-8(5-16(6-9)12(18)20)17-7-10(11(13)19)14-15-17/h2,4,7,9H,1,3,5-6H2,(H2,13,19). The van der Waals surface area contributed by atoms with Gasteiger partial charge < -0.3 is 10.6 Å². The highest BCUT2D eigenvalue weighted by Gasteiger charge is 2.41. The van der Waals surface area contributed by atoms with Crippen molar-refractivity contribution in [2.75, 3.05) is 19.7 Å². The quantitative estimate of drug-likeness (QED) is 0.733. The van der Waals surface area contributed by atoms with Crippen LogP contribution in [0, 0.1) is 0 Å². The molecule has 1 aromatic rings. The molecule has 9 nitrogen and oxygen atoms in total. The van der Waals surface area contributed by atoms with Crippen LogP contribution in [0.25, 0.3) is 5.70 Å². The second-order valence-corrected chi connectivity index (χ2v) is 4.71. The molecule has 3 heterocycles. The molecule has 110 valence electrons. The number of carbonyl (C=O) groups excluding carboxylic acids is 2. The monoisotopic (exact) mass is 290 g/mol. The maximum Gasteiger partial charge on any atom is 0.345 e. The van der Waals surface area contributed by atoms with Gasteiger partial charge in [-0.05, 0) is 6.08 Å². The van der Waals surface area contributed by atoms with E-state index in [-0.39, 0.29) is 24.4 Å². The number of primary amides is 1. The van der Waals surface area contributed by atoms with Crippen LogP contribution in [0.2, 0.25) is 0 Å². The molecule has 2 aliphatic heterocycles. The van der Waals surface area contributed by atoms with Gasteiger partial charge in [-0.25, -0.2) is 9.48 Å². The molecule has 3 rings (SSSR count). The van der Waals surface area contributed by atoms with Crippen molar-refractivity contribution in [2.45, 2.75) is 6.04 Å². The molecular formula is C12H14N6O3. The maximum atomic E-state index is 12.1. The third kappa shape index (κ3) is 2.27. The number of hydrogen-bond donors (Lipinski definition) is 1. The zero-order chi connectivity index (χ0) is 15.0. The van der Waals surface area contributed by atoms with E-state index in [2.05, 4.69) is 16.9 Å². The third-order valence-electron chi connectivity index (χ3n) is 3.28. The molecule has 3 amide bonds. The third-order valence-corrected chi connectivity index (χ3v) is 3.28. The summed E-state index contributed by atoms with van der Waals surface area (Å²) in [6.45, 7) is 4.73. The van der Waals surface area contributed by atoms with Crippen LogP contribution in [0.5, 0.6) is 0 Å². The molecule has 2 aliphatic rings. The van der Waals surface area contributed by atoms with E-state index in [0.717, 1.165) is 5.70 Å². The zero-order valence-corrected chi connectivity index (χ0v) is 11.2. The highest BCUT2D eigenvalue weighted by Crippen LogP contribution is 2.26. The lowest BCUT2D eigenvalue weighted by Gasteiger charge is -2.20. The van der Waals surface area contributed by atoms with E-state index in [1.807, 2.05) is 6.08 Å². The number of carbonyl (C=O) groups is 2. The number of urea groups is 1. The summed E-state index contributed by atoms with van der Waals surface area (Å²) in [4.78, 5) is 30.2. The number of hydrogen-bond acceptors (Lipinski definition) is 5. The SMILES string of the molecule is C=CCON1C(=O)N2CC(n3cc(C(N)=O)nn3)=CC1C2. The van der Waals surface area contributed by atoms with Gasteiger partial charge in [-0.2, -0.15) is 5.06 Å². The van der Waals surface area contributed by atoms with Gasteiger partial charge in [-0.1, -0.05) is 11.3 Å². The van der Waals surface area contributed by atoms with Gasteiger partial charge >= 0.3 is 6.03 Å². The molecule has 0 aliphatic carbocycles. The van der Waals surface area contributed by atoms with E-state index >= 15 is 0 Å². The highest BCUT2D eigenvalue weighted by atomic mass is 16.7. The molecule has 0 aromatic carbocycles. The number of aromatic nitrogens is 3. The van der Waals surface area contributed by atoms with Crippen molar-refractivity contribution >= 4 is 17.6 Å². The molecule has 1 saturated heterocycles. The summed E-state index contributed by atoms with van der Waals surface area (Å²) >= 11 is 0. The van der Waals surface area contributed by atoms with Crippen molar-refractivity contribution in [3.8, 4) is 0 Å². The molecule has 0 spiro atoms. The Morgan fingerprint density at radius 3 is 3.10 bits per heavy atom. The highest BCUT2D eigenvalue weighted by molar-refractivity contribution is 5.90. The summed E-state index contributed by atoms with van der Waals surface area (Å²) < 4.78 is 1.45. The second-order valence-electron chi connectivity index (χ2n) is 4.71. The Hall–Kier alpha value is -2.68. The van der Waals surface area contributed by atoms with Crippen LogP contribution in [-0.4, -0.2) is 62.6 Å².